The van der Waals surface area contributed by atoms with Crippen molar-refractivity contribution < 1.29 is 9.18 Å². The molecule has 0 aliphatic carbocycles. The molecule has 0 radical (unpaired) electrons. The maximum Gasteiger partial charge on any atom is 0.153 e. The minimum absolute atomic E-state index is 0.00259. The van der Waals surface area contributed by atoms with Crippen LogP contribution in [0.5, 0.6) is 0 Å². The lowest BCUT2D eigenvalue weighted by molar-refractivity contribution is -0.120. The van der Waals surface area contributed by atoms with Crippen LogP contribution < -0.4 is 5.73 Å². The van der Waals surface area contributed by atoms with Crippen LogP contribution in [-0.4, -0.2) is 11.8 Å². The number of benzene rings is 1. The van der Waals surface area contributed by atoms with Gasteiger partial charge in [-0.05, 0) is 46.0 Å². The lowest BCUT2D eigenvalue weighted by Gasteiger charge is -2.13. The van der Waals surface area contributed by atoms with Crippen molar-refractivity contribution in [2.45, 2.75) is 32.7 Å². The van der Waals surface area contributed by atoms with E-state index in [1.54, 1.807) is 12.1 Å². The molecule has 2 N–H and O–H groups in total. The molecule has 0 saturated heterocycles. The number of hydrogen-bond acceptors (Lipinski definition) is 2. The van der Waals surface area contributed by atoms with Crippen LogP contribution in [0.2, 0.25) is 0 Å². The first-order valence-electron chi connectivity index (χ1n) is 5.62. The molecule has 1 aromatic rings. The SMILES string of the molecule is CC(C)CC(N)C(=O)Cc1ccc(F)c(Br)c1. The highest BCUT2D eigenvalue weighted by Gasteiger charge is 2.15. The van der Waals surface area contributed by atoms with E-state index in [0.717, 1.165) is 5.56 Å². The first-order chi connectivity index (χ1) is 7.90. The Morgan fingerprint density at radius 1 is 1.47 bits per heavy atom. The molecule has 0 fully saturated rings. The molecule has 1 rings (SSSR count). The molecule has 0 aliphatic heterocycles. The van der Waals surface area contributed by atoms with Crippen molar-refractivity contribution in [3.8, 4) is 0 Å². The highest BCUT2D eigenvalue weighted by atomic mass is 79.9. The predicted octanol–water partition coefficient (Wildman–Crippen LogP) is 3.07. The Morgan fingerprint density at radius 2 is 2.12 bits per heavy atom. The third-order valence-electron chi connectivity index (χ3n) is 2.50. The highest BCUT2D eigenvalue weighted by molar-refractivity contribution is 9.10. The average Bonchev–Trinajstić information content (AvgIpc) is 2.22. The first-order valence-corrected chi connectivity index (χ1v) is 6.41. The second-order valence-electron chi connectivity index (χ2n) is 4.63. The first kappa shape index (κ1) is 14.3. The molecule has 94 valence electrons. The van der Waals surface area contributed by atoms with Gasteiger partial charge in [-0.3, -0.25) is 4.79 Å². The third-order valence-corrected chi connectivity index (χ3v) is 3.11. The standard InChI is InChI=1S/C13H17BrFNO/c1-8(2)5-12(16)13(17)7-9-3-4-11(15)10(14)6-9/h3-4,6,8,12H,5,7,16H2,1-2H3. The van der Waals surface area contributed by atoms with Gasteiger partial charge in [-0.1, -0.05) is 19.9 Å². The zero-order valence-electron chi connectivity index (χ0n) is 10.0. The summed E-state index contributed by atoms with van der Waals surface area (Å²) in [4.78, 5) is 11.8. The summed E-state index contributed by atoms with van der Waals surface area (Å²) < 4.78 is 13.4. The van der Waals surface area contributed by atoms with Crippen LogP contribution in [0, 0.1) is 11.7 Å². The summed E-state index contributed by atoms with van der Waals surface area (Å²) in [6.07, 6.45) is 0.938. The Hall–Kier alpha value is -0.740. The number of nitrogens with two attached hydrogens (primary N) is 1. The molecule has 1 unspecified atom stereocenters. The summed E-state index contributed by atoms with van der Waals surface area (Å²) in [5, 5.41) is 0. The summed E-state index contributed by atoms with van der Waals surface area (Å²) in [5.41, 5.74) is 6.58. The lowest BCUT2D eigenvalue weighted by atomic mass is 9.97. The monoisotopic (exact) mass is 301 g/mol. The molecule has 4 heteroatoms. The van der Waals surface area contributed by atoms with Gasteiger partial charge in [0.2, 0.25) is 0 Å². The van der Waals surface area contributed by atoms with Crippen molar-refractivity contribution in [2.75, 3.05) is 0 Å². The van der Waals surface area contributed by atoms with Gasteiger partial charge in [-0.15, -0.1) is 0 Å². The summed E-state index contributed by atoms with van der Waals surface area (Å²) in [7, 11) is 0. The number of rotatable bonds is 5. The normalized spacial score (nSPS) is 12.8. The maximum atomic E-state index is 13.0. The van der Waals surface area contributed by atoms with E-state index in [0.29, 0.717) is 16.8 Å². The van der Waals surface area contributed by atoms with Gasteiger partial charge < -0.3 is 5.73 Å². The van der Waals surface area contributed by atoms with Crippen LogP contribution in [0.1, 0.15) is 25.8 Å². The van der Waals surface area contributed by atoms with E-state index in [9.17, 15) is 9.18 Å². The average molecular weight is 302 g/mol. The molecule has 1 atom stereocenters. The van der Waals surface area contributed by atoms with Gasteiger partial charge in [-0.2, -0.15) is 0 Å². The fourth-order valence-electron chi connectivity index (χ4n) is 1.62. The van der Waals surface area contributed by atoms with Gasteiger partial charge in [0.15, 0.2) is 5.78 Å². The van der Waals surface area contributed by atoms with Gasteiger partial charge in [0.1, 0.15) is 5.82 Å². The van der Waals surface area contributed by atoms with Crippen LogP contribution in [0.25, 0.3) is 0 Å². The van der Waals surface area contributed by atoms with E-state index >= 15 is 0 Å². The molecule has 0 aliphatic rings. The Kier molecular flexibility index (Phi) is 5.28. The number of halogens is 2. The van der Waals surface area contributed by atoms with Gasteiger partial charge in [0, 0.05) is 6.42 Å². The number of carbonyl (C=O) groups is 1. The third kappa shape index (κ3) is 4.56. The highest BCUT2D eigenvalue weighted by Crippen LogP contribution is 2.17. The summed E-state index contributed by atoms with van der Waals surface area (Å²) in [6.45, 7) is 4.06. The molecule has 1 aromatic carbocycles. The summed E-state index contributed by atoms with van der Waals surface area (Å²) >= 11 is 3.10. The van der Waals surface area contributed by atoms with E-state index in [1.165, 1.54) is 6.07 Å². The molecular formula is C13H17BrFNO. The number of hydrogen-bond donors (Lipinski definition) is 1. The molecule has 0 saturated carbocycles. The minimum atomic E-state index is -0.432. The molecular weight excluding hydrogens is 285 g/mol. The second-order valence-corrected chi connectivity index (χ2v) is 5.48. The van der Waals surface area contributed by atoms with E-state index in [1.807, 2.05) is 13.8 Å². The van der Waals surface area contributed by atoms with E-state index < -0.39 is 6.04 Å². The van der Waals surface area contributed by atoms with Gasteiger partial charge in [-0.25, -0.2) is 4.39 Å². The lowest BCUT2D eigenvalue weighted by Crippen LogP contribution is -2.33. The summed E-state index contributed by atoms with van der Waals surface area (Å²) in [6, 6.07) is 4.15. The topological polar surface area (TPSA) is 43.1 Å². The van der Waals surface area contributed by atoms with Gasteiger partial charge in [0.25, 0.3) is 0 Å². The van der Waals surface area contributed by atoms with Crippen LogP contribution >= 0.6 is 15.9 Å². The fourth-order valence-corrected chi connectivity index (χ4v) is 2.05. The van der Waals surface area contributed by atoms with Gasteiger partial charge in [0.05, 0.1) is 10.5 Å². The predicted molar refractivity (Wildman–Crippen MR) is 70.2 cm³/mol. The van der Waals surface area contributed by atoms with Gasteiger partial charge >= 0.3 is 0 Å². The van der Waals surface area contributed by atoms with Crippen molar-refractivity contribution in [2.24, 2.45) is 11.7 Å². The number of carbonyl (C=O) groups excluding carboxylic acids is 1. The molecule has 17 heavy (non-hydrogen) atoms. The number of Topliss-reactive ketones (excluding diaryl/α,β-unsaturated/α-hetero) is 1. The quantitative estimate of drug-likeness (QED) is 0.908. The Labute approximate surface area is 110 Å². The molecule has 0 aromatic heterocycles. The van der Waals surface area contributed by atoms with E-state index in [4.69, 9.17) is 5.73 Å². The second kappa shape index (κ2) is 6.26. The van der Waals surface area contributed by atoms with Crippen molar-refractivity contribution in [1.82, 2.24) is 0 Å². The molecule has 0 spiro atoms. The van der Waals surface area contributed by atoms with E-state index in [-0.39, 0.29) is 18.0 Å². The van der Waals surface area contributed by atoms with Crippen LogP contribution in [0.3, 0.4) is 0 Å². The van der Waals surface area contributed by atoms with Crippen molar-refractivity contribution in [1.29, 1.82) is 0 Å². The van der Waals surface area contributed by atoms with Crippen molar-refractivity contribution in [3.63, 3.8) is 0 Å². The molecule has 2 nitrogen and oxygen atoms in total. The molecule has 0 amide bonds. The maximum absolute atomic E-state index is 13.0. The molecule has 0 heterocycles. The largest absolute Gasteiger partial charge is 0.321 e. The zero-order chi connectivity index (χ0) is 13.0. The van der Waals surface area contributed by atoms with Crippen LogP contribution in [0.4, 0.5) is 4.39 Å². The smallest absolute Gasteiger partial charge is 0.153 e. The Morgan fingerprint density at radius 3 is 2.65 bits per heavy atom. The minimum Gasteiger partial charge on any atom is -0.321 e. The molecule has 0 bridgehead atoms. The number of ketones is 1. The van der Waals surface area contributed by atoms with Crippen molar-refractivity contribution >= 4 is 21.7 Å². The Bertz CT molecular complexity index is 406. The Balaban J connectivity index is 2.64. The van der Waals surface area contributed by atoms with Crippen LogP contribution in [0.15, 0.2) is 22.7 Å². The van der Waals surface area contributed by atoms with E-state index in [2.05, 4.69) is 15.9 Å². The fraction of sp³-hybridized carbons (Fsp3) is 0.462. The zero-order valence-corrected chi connectivity index (χ0v) is 11.6. The summed E-state index contributed by atoms with van der Waals surface area (Å²) in [5.74, 6) is 0.0683. The van der Waals surface area contributed by atoms with Crippen LogP contribution in [-0.2, 0) is 11.2 Å². The van der Waals surface area contributed by atoms with Crippen molar-refractivity contribution in [3.05, 3.63) is 34.1 Å².